The lowest BCUT2D eigenvalue weighted by molar-refractivity contribution is 0.161. The number of rotatable bonds is 2. The zero-order valence-corrected chi connectivity index (χ0v) is 5.94. The molecule has 1 aromatic rings. The van der Waals surface area contributed by atoms with Crippen LogP contribution in [0.15, 0.2) is 12.1 Å². The van der Waals surface area contributed by atoms with E-state index in [1.165, 1.54) is 0 Å². The fourth-order valence-corrected chi connectivity index (χ4v) is 0.801. The maximum absolute atomic E-state index is 12.4. The SMILES string of the molecule is ONCc1cc(F)c(F)c(F)c1. The van der Waals surface area contributed by atoms with Gasteiger partial charge in [0, 0.05) is 6.54 Å². The van der Waals surface area contributed by atoms with Crippen molar-refractivity contribution in [2.24, 2.45) is 0 Å². The molecule has 0 spiro atoms. The molecule has 0 radical (unpaired) electrons. The van der Waals surface area contributed by atoms with E-state index < -0.39 is 17.5 Å². The summed E-state index contributed by atoms with van der Waals surface area (Å²) >= 11 is 0. The fourth-order valence-electron chi connectivity index (χ4n) is 0.801. The average Bonchev–Trinajstić information content (AvgIpc) is 2.01. The summed E-state index contributed by atoms with van der Waals surface area (Å²) in [5.74, 6) is -4.03. The molecule has 0 unspecified atom stereocenters. The summed E-state index contributed by atoms with van der Waals surface area (Å²) in [7, 11) is 0. The Morgan fingerprint density at radius 3 is 2.08 bits per heavy atom. The van der Waals surface area contributed by atoms with E-state index in [9.17, 15) is 13.2 Å². The molecule has 1 rings (SSSR count). The van der Waals surface area contributed by atoms with Crippen molar-refractivity contribution < 1.29 is 18.4 Å². The van der Waals surface area contributed by atoms with Crippen LogP contribution in [-0.4, -0.2) is 5.21 Å². The highest BCUT2D eigenvalue weighted by molar-refractivity contribution is 5.18. The monoisotopic (exact) mass is 177 g/mol. The van der Waals surface area contributed by atoms with Gasteiger partial charge in [0.2, 0.25) is 0 Å². The summed E-state index contributed by atoms with van der Waals surface area (Å²) in [6, 6.07) is 1.61. The molecule has 0 saturated carbocycles. The third kappa shape index (κ3) is 1.75. The lowest BCUT2D eigenvalue weighted by Crippen LogP contribution is -2.07. The van der Waals surface area contributed by atoms with Gasteiger partial charge in [0.15, 0.2) is 17.5 Å². The summed E-state index contributed by atoms with van der Waals surface area (Å²) in [6.45, 7) is -0.131. The minimum atomic E-state index is -1.50. The molecule has 5 heteroatoms. The minimum absolute atomic E-state index is 0.131. The van der Waals surface area contributed by atoms with Gasteiger partial charge in [0.05, 0.1) is 0 Å². The van der Waals surface area contributed by atoms with Gasteiger partial charge in [-0.1, -0.05) is 0 Å². The van der Waals surface area contributed by atoms with Gasteiger partial charge >= 0.3 is 0 Å². The Hall–Kier alpha value is -1.07. The molecule has 0 atom stereocenters. The first-order valence-electron chi connectivity index (χ1n) is 3.15. The van der Waals surface area contributed by atoms with E-state index in [1.807, 2.05) is 0 Å². The van der Waals surface area contributed by atoms with E-state index in [1.54, 1.807) is 5.48 Å². The van der Waals surface area contributed by atoms with Crippen LogP contribution >= 0.6 is 0 Å². The van der Waals surface area contributed by atoms with Crippen LogP contribution in [0.2, 0.25) is 0 Å². The number of nitrogens with one attached hydrogen (secondary N) is 1. The first-order chi connectivity index (χ1) is 5.65. The van der Waals surface area contributed by atoms with Gasteiger partial charge in [0.1, 0.15) is 0 Å². The lowest BCUT2D eigenvalue weighted by atomic mass is 10.2. The van der Waals surface area contributed by atoms with Gasteiger partial charge in [-0.25, -0.2) is 18.7 Å². The van der Waals surface area contributed by atoms with Crippen molar-refractivity contribution in [3.8, 4) is 0 Å². The maximum Gasteiger partial charge on any atom is 0.194 e. The maximum atomic E-state index is 12.4. The lowest BCUT2D eigenvalue weighted by Gasteiger charge is -2.00. The van der Waals surface area contributed by atoms with Crippen LogP contribution in [-0.2, 0) is 6.54 Å². The van der Waals surface area contributed by atoms with Crippen molar-refractivity contribution in [1.29, 1.82) is 0 Å². The first kappa shape index (κ1) is 9.02. The Morgan fingerprint density at radius 2 is 1.67 bits per heavy atom. The van der Waals surface area contributed by atoms with Gasteiger partial charge in [-0.2, -0.15) is 0 Å². The van der Waals surface area contributed by atoms with Gasteiger partial charge in [-0.05, 0) is 17.7 Å². The largest absolute Gasteiger partial charge is 0.316 e. The third-order valence-corrected chi connectivity index (χ3v) is 1.33. The molecule has 0 bridgehead atoms. The normalized spacial score (nSPS) is 10.3. The Labute approximate surface area is 66.6 Å². The molecule has 0 heterocycles. The van der Waals surface area contributed by atoms with Crippen LogP contribution in [0.1, 0.15) is 5.56 Å². The molecule has 0 aliphatic carbocycles. The summed E-state index contributed by atoms with van der Waals surface area (Å²) in [6.07, 6.45) is 0. The van der Waals surface area contributed by atoms with Gasteiger partial charge in [-0.3, -0.25) is 0 Å². The molecule has 0 aliphatic heterocycles. The van der Waals surface area contributed by atoms with Crippen LogP contribution in [0.3, 0.4) is 0 Å². The molecule has 12 heavy (non-hydrogen) atoms. The molecule has 0 fully saturated rings. The summed E-state index contributed by atoms with van der Waals surface area (Å²) in [4.78, 5) is 0. The Bertz CT molecular complexity index is 267. The highest BCUT2D eigenvalue weighted by Crippen LogP contribution is 2.12. The van der Waals surface area contributed by atoms with Crippen molar-refractivity contribution >= 4 is 0 Å². The second-order valence-corrected chi connectivity index (χ2v) is 2.21. The highest BCUT2D eigenvalue weighted by atomic mass is 19.2. The molecule has 2 nitrogen and oxygen atoms in total. The van der Waals surface area contributed by atoms with Crippen molar-refractivity contribution in [2.45, 2.75) is 6.54 Å². The first-order valence-corrected chi connectivity index (χ1v) is 3.15. The fraction of sp³-hybridized carbons (Fsp3) is 0.143. The van der Waals surface area contributed by atoms with Gasteiger partial charge in [-0.15, -0.1) is 0 Å². The van der Waals surface area contributed by atoms with Crippen LogP contribution < -0.4 is 5.48 Å². The molecule has 2 N–H and O–H groups in total. The van der Waals surface area contributed by atoms with E-state index in [2.05, 4.69) is 0 Å². The second kappa shape index (κ2) is 3.55. The van der Waals surface area contributed by atoms with E-state index in [4.69, 9.17) is 5.21 Å². The van der Waals surface area contributed by atoms with Crippen LogP contribution in [0.25, 0.3) is 0 Å². The third-order valence-electron chi connectivity index (χ3n) is 1.33. The van der Waals surface area contributed by atoms with Crippen LogP contribution in [0, 0.1) is 17.5 Å². The van der Waals surface area contributed by atoms with E-state index in [0.29, 0.717) is 0 Å². The van der Waals surface area contributed by atoms with Crippen molar-refractivity contribution in [2.75, 3.05) is 0 Å². The smallest absolute Gasteiger partial charge is 0.194 e. The second-order valence-electron chi connectivity index (χ2n) is 2.21. The molecule has 0 saturated heterocycles. The number of hydrogen-bond acceptors (Lipinski definition) is 2. The molecule has 1 aromatic carbocycles. The van der Waals surface area contributed by atoms with E-state index >= 15 is 0 Å². The summed E-state index contributed by atoms with van der Waals surface area (Å²) < 4.78 is 37.2. The summed E-state index contributed by atoms with van der Waals surface area (Å²) in [5.41, 5.74) is 1.84. The number of hydroxylamine groups is 1. The predicted molar refractivity (Wildman–Crippen MR) is 34.9 cm³/mol. The van der Waals surface area contributed by atoms with Gasteiger partial charge < -0.3 is 5.21 Å². The van der Waals surface area contributed by atoms with Gasteiger partial charge in [0.25, 0.3) is 0 Å². The summed E-state index contributed by atoms with van der Waals surface area (Å²) in [5, 5.41) is 8.18. The van der Waals surface area contributed by atoms with Crippen molar-refractivity contribution in [3.63, 3.8) is 0 Å². The highest BCUT2D eigenvalue weighted by Gasteiger charge is 2.09. The number of halogens is 3. The zero-order valence-electron chi connectivity index (χ0n) is 5.94. The van der Waals surface area contributed by atoms with E-state index in [0.717, 1.165) is 12.1 Å². The minimum Gasteiger partial charge on any atom is -0.316 e. The predicted octanol–water partition coefficient (Wildman–Crippen LogP) is 1.58. The standard InChI is InChI=1S/C7H6F3NO/c8-5-1-4(3-11-12)2-6(9)7(5)10/h1-2,11-12H,3H2. The molecule has 0 aromatic heterocycles. The Kier molecular flexibility index (Phi) is 2.67. The Morgan fingerprint density at radius 1 is 1.17 bits per heavy atom. The topological polar surface area (TPSA) is 32.3 Å². The molecular formula is C7H6F3NO. The van der Waals surface area contributed by atoms with E-state index in [-0.39, 0.29) is 12.1 Å². The zero-order chi connectivity index (χ0) is 9.14. The molecule has 0 amide bonds. The van der Waals surface area contributed by atoms with Crippen molar-refractivity contribution in [1.82, 2.24) is 5.48 Å². The Balaban J connectivity index is 3.04. The number of benzene rings is 1. The molecule has 66 valence electrons. The average molecular weight is 177 g/mol. The van der Waals surface area contributed by atoms with Crippen LogP contribution in [0.5, 0.6) is 0 Å². The molecule has 0 aliphatic rings. The molecular weight excluding hydrogens is 171 g/mol. The number of hydrogen-bond donors (Lipinski definition) is 2. The van der Waals surface area contributed by atoms with Crippen LogP contribution in [0.4, 0.5) is 13.2 Å². The quantitative estimate of drug-likeness (QED) is 0.531. The van der Waals surface area contributed by atoms with Crippen molar-refractivity contribution in [3.05, 3.63) is 35.1 Å².